The van der Waals surface area contributed by atoms with E-state index >= 15 is 0 Å². The van der Waals surface area contributed by atoms with Gasteiger partial charge in [-0.15, -0.1) is 0 Å². The van der Waals surface area contributed by atoms with Gasteiger partial charge in [0.15, 0.2) is 11.5 Å². The predicted molar refractivity (Wildman–Crippen MR) is 102 cm³/mol. The van der Waals surface area contributed by atoms with E-state index in [1.807, 2.05) is 51.1 Å². The molecule has 0 aliphatic rings. The van der Waals surface area contributed by atoms with Crippen LogP contribution in [0.25, 0.3) is 6.08 Å². The van der Waals surface area contributed by atoms with E-state index in [-0.39, 0.29) is 0 Å². The lowest BCUT2D eigenvalue weighted by molar-refractivity contribution is -0.129. The second-order valence-corrected chi connectivity index (χ2v) is 6.38. The molecule has 2 aromatic rings. The van der Waals surface area contributed by atoms with Gasteiger partial charge in [0.25, 0.3) is 0 Å². The number of carbonyl (C=O) groups excluding carboxylic acids is 1. The number of esters is 1. The van der Waals surface area contributed by atoms with Crippen LogP contribution in [0.4, 0.5) is 0 Å². The number of rotatable bonds is 6. The Labute approximate surface area is 156 Å². The maximum Gasteiger partial charge on any atom is 0.336 e. The minimum atomic E-state index is -0.429. The summed E-state index contributed by atoms with van der Waals surface area (Å²) in [7, 11) is 1.58. The largest absolute Gasteiger partial charge is 0.493 e. The van der Waals surface area contributed by atoms with Crippen LogP contribution in [-0.4, -0.2) is 19.7 Å². The molecule has 0 heterocycles. The maximum absolute atomic E-state index is 12.1. The maximum atomic E-state index is 12.1. The molecule has 0 unspecified atom stereocenters. The highest BCUT2D eigenvalue weighted by Gasteiger charge is 2.09. The first-order valence-electron chi connectivity index (χ1n) is 7.92. The molecule has 2 aromatic carbocycles. The summed E-state index contributed by atoms with van der Waals surface area (Å²) >= 11 is 3.43. The molecule has 0 fully saturated rings. The smallest absolute Gasteiger partial charge is 0.336 e. The lowest BCUT2D eigenvalue weighted by atomic mass is 10.1. The first-order valence-corrected chi connectivity index (χ1v) is 8.71. The van der Waals surface area contributed by atoms with Crippen LogP contribution in [0.1, 0.15) is 23.6 Å². The Morgan fingerprint density at radius 2 is 1.80 bits per heavy atom. The Bertz CT molecular complexity index is 773. The summed E-state index contributed by atoms with van der Waals surface area (Å²) in [6.07, 6.45) is 3.08. The summed E-state index contributed by atoms with van der Waals surface area (Å²) < 4.78 is 17.2. The SMILES string of the molecule is CCOc1ccc(/C=C/C(=O)Oc2c(C)cc(Br)cc2C)cc1OC. The third kappa shape index (κ3) is 5.10. The number of aryl methyl sites for hydroxylation is 2. The van der Waals surface area contributed by atoms with Gasteiger partial charge < -0.3 is 14.2 Å². The van der Waals surface area contributed by atoms with Crippen molar-refractivity contribution in [3.63, 3.8) is 0 Å². The predicted octanol–water partition coefficient (Wildman–Crippen LogP) is 5.09. The first kappa shape index (κ1) is 19.1. The third-order valence-corrected chi connectivity index (χ3v) is 3.98. The minimum absolute atomic E-state index is 0.429. The minimum Gasteiger partial charge on any atom is -0.493 e. The number of hydrogen-bond donors (Lipinski definition) is 0. The highest BCUT2D eigenvalue weighted by molar-refractivity contribution is 9.10. The monoisotopic (exact) mass is 404 g/mol. The van der Waals surface area contributed by atoms with E-state index in [4.69, 9.17) is 14.2 Å². The topological polar surface area (TPSA) is 44.8 Å². The van der Waals surface area contributed by atoms with E-state index in [1.165, 1.54) is 6.08 Å². The molecular weight excluding hydrogens is 384 g/mol. The summed E-state index contributed by atoms with van der Waals surface area (Å²) in [4.78, 5) is 12.1. The summed E-state index contributed by atoms with van der Waals surface area (Å²) in [5.41, 5.74) is 2.62. The lowest BCUT2D eigenvalue weighted by Crippen LogP contribution is -2.06. The lowest BCUT2D eigenvalue weighted by Gasteiger charge is -2.10. The fraction of sp³-hybridized carbons (Fsp3) is 0.250. The van der Waals surface area contributed by atoms with Crippen molar-refractivity contribution in [2.75, 3.05) is 13.7 Å². The molecule has 0 saturated heterocycles. The van der Waals surface area contributed by atoms with Crippen LogP contribution in [0.15, 0.2) is 40.9 Å². The average molecular weight is 405 g/mol. The molecule has 0 amide bonds. The van der Waals surface area contributed by atoms with E-state index in [0.29, 0.717) is 23.9 Å². The van der Waals surface area contributed by atoms with Gasteiger partial charge in [0.2, 0.25) is 0 Å². The van der Waals surface area contributed by atoms with Gasteiger partial charge in [0, 0.05) is 10.5 Å². The number of hydrogen-bond acceptors (Lipinski definition) is 4. The number of halogens is 1. The molecule has 2 rings (SSSR count). The fourth-order valence-corrected chi connectivity index (χ4v) is 3.11. The van der Waals surface area contributed by atoms with Gasteiger partial charge in [0.1, 0.15) is 5.75 Å². The summed E-state index contributed by atoms with van der Waals surface area (Å²) in [6.45, 7) is 6.28. The normalized spacial score (nSPS) is 10.8. The molecular formula is C20H21BrO4. The highest BCUT2D eigenvalue weighted by atomic mass is 79.9. The Morgan fingerprint density at radius 3 is 2.40 bits per heavy atom. The van der Waals surface area contributed by atoms with Gasteiger partial charge in [-0.25, -0.2) is 4.79 Å². The summed E-state index contributed by atoms with van der Waals surface area (Å²) in [5, 5.41) is 0. The van der Waals surface area contributed by atoms with E-state index < -0.39 is 5.97 Å². The van der Waals surface area contributed by atoms with Crippen LogP contribution in [0.3, 0.4) is 0 Å². The van der Waals surface area contributed by atoms with Crippen molar-refractivity contribution in [3.05, 3.63) is 57.6 Å². The first-order chi connectivity index (χ1) is 11.9. The van der Waals surface area contributed by atoms with E-state index in [2.05, 4.69) is 15.9 Å². The van der Waals surface area contributed by atoms with Crippen LogP contribution in [0, 0.1) is 13.8 Å². The fourth-order valence-electron chi connectivity index (χ4n) is 2.42. The van der Waals surface area contributed by atoms with Crippen molar-refractivity contribution in [1.29, 1.82) is 0 Å². The van der Waals surface area contributed by atoms with Gasteiger partial charge in [-0.3, -0.25) is 0 Å². The molecule has 0 spiro atoms. The zero-order valence-electron chi connectivity index (χ0n) is 14.8. The van der Waals surface area contributed by atoms with Gasteiger partial charge in [-0.1, -0.05) is 22.0 Å². The number of methoxy groups -OCH3 is 1. The molecule has 0 aliphatic heterocycles. The molecule has 0 saturated carbocycles. The third-order valence-electron chi connectivity index (χ3n) is 3.53. The van der Waals surface area contributed by atoms with Crippen LogP contribution in [-0.2, 0) is 4.79 Å². The molecule has 4 nitrogen and oxygen atoms in total. The zero-order chi connectivity index (χ0) is 18.4. The van der Waals surface area contributed by atoms with Crippen molar-refractivity contribution < 1.29 is 19.0 Å². The molecule has 0 radical (unpaired) electrons. The Morgan fingerprint density at radius 1 is 1.12 bits per heavy atom. The van der Waals surface area contributed by atoms with Gasteiger partial charge >= 0.3 is 5.97 Å². The summed E-state index contributed by atoms with van der Waals surface area (Å²) in [5.74, 6) is 1.45. The van der Waals surface area contributed by atoms with Crippen LogP contribution < -0.4 is 14.2 Å². The van der Waals surface area contributed by atoms with E-state index in [9.17, 15) is 4.79 Å². The van der Waals surface area contributed by atoms with Crippen molar-refractivity contribution >= 4 is 28.0 Å². The van der Waals surface area contributed by atoms with Crippen molar-refractivity contribution in [2.24, 2.45) is 0 Å². The Hall–Kier alpha value is -2.27. The quantitative estimate of drug-likeness (QED) is 0.382. The second-order valence-electron chi connectivity index (χ2n) is 5.47. The molecule has 0 bridgehead atoms. The van der Waals surface area contributed by atoms with Crippen molar-refractivity contribution in [2.45, 2.75) is 20.8 Å². The molecule has 5 heteroatoms. The Balaban J connectivity index is 2.13. The van der Waals surface area contributed by atoms with Crippen LogP contribution in [0.5, 0.6) is 17.2 Å². The number of ether oxygens (including phenoxy) is 3. The highest BCUT2D eigenvalue weighted by Crippen LogP contribution is 2.29. The van der Waals surface area contributed by atoms with E-state index in [0.717, 1.165) is 21.2 Å². The molecule has 25 heavy (non-hydrogen) atoms. The molecule has 0 aliphatic carbocycles. The molecule has 0 aromatic heterocycles. The van der Waals surface area contributed by atoms with Crippen molar-refractivity contribution in [3.8, 4) is 17.2 Å². The van der Waals surface area contributed by atoms with E-state index in [1.54, 1.807) is 13.2 Å². The standard InChI is InChI=1S/C20H21BrO4/c1-5-24-17-8-6-15(12-18(17)23-4)7-9-19(22)25-20-13(2)10-16(21)11-14(20)3/h6-12H,5H2,1-4H3/b9-7+. The Kier molecular flexibility index (Phi) is 6.65. The number of carbonyl (C=O) groups is 1. The second kappa shape index (κ2) is 8.72. The van der Waals surface area contributed by atoms with Crippen LogP contribution in [0.2, 0.25) is 0 Å². The van der Waals surface area contributed by atoms with Crippen molar-refractivity contribution in [1.82, 2.24) is 0 Å². The number of benzene rings is 2. The van der Waals surface area contributed by atoms with Crippen LogP contribution >= 0.6 is 15.9 Å². The summed E-state index contributed by atoms with van der Waals surface area (Å²) in [6, 6.07) is 9.31. The molecule has 0 N–H and O–H groups in total. The van der Waals surface area contributed by atoms with Gasteiger partial charge in [0.05, 0.1) is 13.7 Å². The molecule has 0 atom stereocenters. The van der Waals surface area contributed by atoms with Gasteiger partial charge in [-0.2, -0.15) is 0 Å². The zero-order valence-corrected chi connectivity index (χ0v) is 16.3. The molecule has 132 valence electrons. The average Bonchev–Trinajstić information content (AvgIpc) is 2.57. The van der Waals surface area contributed by atoms with Gasteiger partial charge in [-0.05, 0) is 67.8 Å².